The summed E-state index contributed by atoms with van der Waals surface area (Å²) in [7, 11) is -0.495. The summed E-state index contributed by atoms with van der Waals surface area (Å²) in [5, 5.41) is 10.0. The molecule has 0 bridgehead atoms. The molecule has 0 radical (unpaired) electrons. The third-order valence-corrected chi connectivity index (χ3v) is 6.68. The fourth-order valence-electron chi connectivity index (χ4n) is 3.03. The van der Waals surface area contributed by atoms with E-state index >= 15 is 0 Å². The van der Waals surface area contributed by atoms with Gasteiger partial charge in [0.2, 0.25) is 0 Å². The summed E-state index contributed by atoms with van der Waals surface area (Å²) in [5.41, 5.74) is 1.72. The Morgan fingerprint density at radius 3 is 2.52 bits per heavy atom. The minimum Gasteiger partial charge on any atom is -0.489 e. The first-order valence-corrected chi connectivity index (χ1v) is 10.5. The van der Waals surface area contributed by atoms with Gasteiger partial charge in [-0.15, -0.1) is 11.3 Å². The van der Waals surface area contributed by atoms with Gasteiger partial charge in [0.1, 0.15) is 18.4 Å². The highest BCUT2D eigenvalue weighted by molar-refractivity contribution is 7.19. The Balaban J connectivity index is 1.47. The highest BCUT2D eigenvalue weighted by atomic mass is 35.5. The average molecular weight is 427 g/mol. The summed E-state index contributed by atoms with van der Waals surface area (Å²) >= 11 is 7.87. The molecule has 0 saturated carbocycles. The second-order valence-electron chi connectivity index (χ2n) is 7.99. The van der Waals surface area contributed by atoms with Gasteiger partial charge in [0, 0.05) is 10.5 Å². The lowest BCUT2D eigenvalue weighted by Crippen LogP contribution is -2.41. The van der Waals surface area contributed by atoms with Crippen molar-refractivity contribution in [2.24, 2.45) is 0 Å². The van der Waals surface area contributed by atoms with E-state index in [1.165, 1.54) is 11.3 Å². The lowest BCUT2D eigenvalue weighted by atomic mass is 9.78. The maximum absolute atomic E-state index is 8.98. The number of nitriles is 1. The highest BCUT2D eigenvalue weighted by Gasteiger charge is 2.52. The summed E-state index contributed by atoms with van der Waals surface area (Å²) in [6.07, 6.45) is 0. The Bertz CT molecular complexity index is 1110. The molecule has 0 amide bonds. The molecule has 4 rings (SSSR count). The number of benzene rings is 2. The van der Waals surface area contributed by atoms with Crippen molar-refractivity contribution in [1.82, 2.24) is 4.98 Å². The highest BCUT2D eigenvalue weighted by Crippen LogP contribution is 2.37. The van der Waals surface area contributed by atoms with Crippen molar-refractivity contribution in [3.8, 4) is 11.8 Å². The van der Waals surface area contributed by atoms with Crippen LogP contribution in [-0.2, 0) is 15.9 Å². The van der Waals surface area contributed by atoms with Crippen LogP contribution in [0.15, 0.2) is 36.4 Å². The van der Waals surface area contributed by atoms with Gasteiger partial charge in [-0.05, 0) is 57.5 Å². The molecular weight excluding hydrogens is 407 g/mol. The average Bonchev–Trinajstić information content (AvgIpc) is 3.16. The topological polar surface area (TPSA) is 64.4 Å². The van der Waals surface area contributed by atoms with Gasteiger partial charge in [0.25, 0.3) is 0 Å². The number of hydrogen-bond donors (Lipinski definition) is 0. The summed E-state index contributed by atoms with van der Waals surface area (Å²) in [5.74, 6) is 0.719. The number of ether oxygens (including phenoxy) is 1. The van der Waals surface area contributed by atoms with E-state index in [9.17, 15) is 0 Å². The van der Waals surface area contributed by atoms with Crippen LogP contribution in [0.5, 0.6) is 5.75 Å². The smallest absolute Gasteiger partial charge is 0.489 e. The molecule has 2 aromatic carbocycles. The Morgan fingerprint density at radius 2 is 1.86 bits per heavy atom. The van der Waals surface area contributed by atoms with E-state index in [4.69, 9.17) is 30.9 Å². The minimum atomic E-state index is -0.495. The first kappa shape index (κ1) is 20.2. The van der Waals surface area contributed by atoms with Crippen LogP contribution in [0.4, 0.5) is 0 Å². The number of fused-ring (bicyclic) bond motifs is 1. The number of aromatic nitrogens is 1. The molecule has 0 atom stereocenters. The van der Waals surface area contributed by atoms with Crippen LogP contribution in [0.1, 0.15) is 38.3 Å². The molecule has 8 heteroatoms. The molecular formula is C21H20BClN2O3S. The summed E-state index contributed by atoms with van der Waals surface area (Å²) in [6, 6.07) is 13.4. The predicted molar refractivity (Wildman–Crippen MR) is 116 cm³/mol. The van der Waals surface area contributed by atoms with Gasteiger partial charge in [-0.2, -0.15) is 5.26 Å². The van der Waals surface area contributed by atoms with E-state index in [0.29, 0.717) is 16.6 Å². The molecule has 0 spiro atoms. The van der Waals surface area contributed by atoms with Gasteiger partial charge < -0.3 is 14.0 Å². The van der Waals surface area contributed by atoms with E-state index in [0.717, 1.165) is 27.0 Å². The molecule has 1 fully saturated rings. The first-order valence-electron chi connectivity index (χ1n) is 9.26. The number of rotatable bonds is 4. The second kappa shape index (κ2) is 7.30. The Labute approximate surface area is 179 Å². The number of thiazole rings is 1. The maximum atomic E-state index is 8.98. The van der Waals surface area contributed by atoms with Crippen LogP contribution in [0.3, 0.4) is 0 Å². The maximum Gasteiger partial charge on any atom is 0.496 e. The van der Waals surface area contributed by atoms with Gasteiger partial charge in [-0.1, -0.05) is 23.7 Å². The Kier molecular flexibility index (Phi) is 5.08. The van der Waals surface area contributed by atoms with E-state index in [-0.39, 0.29) is 0 Å². The Hall–Kier alpha value is -2.11. The number of halogens is 1. The first-order chi connectivity index (χ1) is 13.7. The molecule has 1 aliphatic rings. The SMILES string of the molecule is CC1(C)OB(c2ccc(COc3ccc4nc(C#N)sc4c3)cc2Cl)OC1(C)C. The molecule has 5 nitrogen and oxygen atoms in total. The molecule has 29 heavy (non-hydrogen) atoms. The van der Waals surface area contributed by atoms with Gasteiger partial charge in [0.05, 0.1) is 21.4 Å². The summed E-state index contributed by atoms with van der Waals surface area (Å²) in [6.45, 7) is 8.44. The molecule has 2 heterocycles. The summed E-state index contributed by atoms with van der Waals surface area (Å²) in [4.78, 5) is 4.23. The monoisotopic (exact) mass is 426 g/mol. The van der Waals surface area contributed by atoms with Crippen molar-refractivity contribution >= 4 is 45.7 Å². The standard InChI is InChI=1S/C21H20BClN2O3S/c1-20(2)21(3,4)28-22(27-20)15-7-5-13(9-16(15)23)12-26-14-6-8-17-18(10-14)29-19(11-24)25-17/h5-10H,12H2,1-4H3. The normalized spacial score (nSPS) is 17.4. The van der Waals surface area contributed by atoms with Crippen molar-refractivity contribution in [3.63, 3.8) is 0 Å². The number of hydrogen-bond acceptors (Lipinski definition) is 6. The van der Waals surface area contributed by atoms with Crippen molar-refractivity contribution in [1.29, 1.82) is 5.26 Å². The number of nitrogens with zero attached hydrogens (tertiary/aromatic N) is 2. The fourth-order valence-corrected chi connectivity index (χ4v) is 4.11. The van der Waals surface area contributed by atoms with Crippen LogP contribution in [-0.4, -0.2) is 23.3 Å². The van der Waals surface area contributed by atoms with E-state index in [2.05, 4.69) is 11.1 Å². The van der Waals surface area contributed by atoms with Gasteiger partial charge in [-0.25, -0.2) is 4.98 Å². The van der Waals surface area contributed by atoms with Gasteiger partial charge in [0.15, 0.2) is 5.01 Å². The van der Waals surface area contributed by atoms with E-state index < -0.39 is 18.3 Å². The second-order valence-corrected chi connectivity index (χ2v) is 9.43. The molecule has 1 saturated heterocycles. The lowest BCUT2D eigenvalue weighted by Gasteiger charge is -2.32. The van der Waals surface area contributed by atoms with Crippen LogP contribution < -0.4 is 10.2 Å². The van der Waals surface area contributed by atoms with E-state index in [1.54, 1.807) is 0 Å². The zero-order valence-corrected chi connectivity index (χ0v) is 18.2. The van der Waals surface area contributed by atoms with Gasteiger partial charge >= 0.3 is 7.12 Å². The van der Waals surface area contributed by atoms with Crippen LogP contribution >= 0.6 is 22.9 Å². The molecule has 3 aromatic rings. The van der Waals surface area contributed by atoms with Crippen molar-refractivity contribution in [3.05, 3.63) is 52.0 Å². The van der Waals surface area contributed by atoms with Gasteiger partial charge in [-0.3, -0.25) is 0 Å². The molecule has 1 aliphatic heterocycles. The van der Waals surface area contributed by atoms with Crippen molar-refractivity contribution in [2.45, 2.75) is 45.5 Å². The zero-order chi connectivity index (χ0) is 20.8. The quantitative estimate of drug-likeness (QED) is 0.566. The zero-order valence-electron chi connectivity index (χ0n) is 16.7. The molecule has 148 valence electrons. The molecule has 0 N–H and O–H groups in total. The van der Waals surface area contributed by atoms with Crippen LogP contribution in [0, 0.1) is 11.3 Å². The Morgan fingerprint density at radius 1 is 1.14 bits per heavy atom. The molecule has 0 unspecified atom stereocenters. The van der Waals surface area contributed by atoms with Crippen LogP contribution in [0.25, 0.3) is 10.2 Å². The molecule has 1 aromatic heterocycles. The van der Waals surface area contributed by atoms with Crippen LogP contribution in [0.2, 0.25) is 5.02 Å². The largest absolute Gasteiger partial charge is 0.496 e. The third kappa shape index (κ3) is 3.86. The fraction of sp³-hybridized carbons (Fsp3) is 0.333. The van der Waals surface area contributed by atoms with Crippen molar-refractivity contribution < 1.29 is 14.0 Å². The third-order valence-electron chi connectivity index (χ3n) is 5.43. The summed E-state index contributed by atoms with van der Waals surface area (Å²) < 4.78 is 19.0. The minimum absolute atomic E-state index is 0.374. The van der Waals surface area contributed by atoms with Crippen molar-refractivity contribution in [2.75, 3.05) is 0 Å². The lowest BCUT2D eigenvalue weighted by molar-refractivity contribution is 0.00578. The predicted octanol–water partition coefficient (Wildman–Crippen LogP) is 4.70. The molecule has 0 aliphatic carbocycles. The van der Waals surface area contributed by atoms with E-state index in [1.807, 2.05) is 64.1 Å².